The van der Waals surface area contributed by atoms with Crippen LogP contribution in [0.5, 0.6) is 0 Å². The van der Waals surface area contributed by atoms with E-state index in [4.69, 9.17) is 0 Å². The van der Waals surface area contributed by atoms with Crippen LogP contribution in [-0.2, 0) is 16.6 Å². The predicted molar refractivity (Wildman–Crippen MR) is 64.7 cm³/mol. The molecule has 0 radical (unpaired) electrons. The van der Waals surface area contributed by atoms with Crippen LogP contribution in [0.3, 0.4) is 0 Å². The van der Waals surface area contributed by atoms with E-state index in [0.717, 1.165) is 12.1 Å². The van der Waals surface area contributed by atoms with Crippen molar-refractivity contribution in [3.8, 4) is 0 Å². The van der Waals surface area contributed by atoms with Crippen LogP contribution >= 0.6 is 0 Å². The molecule has 16 heavy (non-hydrogen) atoms. The van der Waals surface area contributed by atoms with Gasteiger partial charge in [0.1, 0.15) is 0 Å². The van der Waals surface area contributed by atoms with Gasteiger partial charge in [-0.15, -0.1) is 0 Å². The second kappa shape index (κ2) is 5.43. The Hall–Kier alpha value is -0.910. The Morgan fingerprint density at radius 2 is 1.88 bits per heavy atom. The van der Waals surface area contributed by atoms with Crippen molar-refractivity contribution in [2.24, 2.45) is 0 Å². The van der Waals surface area contributed by atoms with Gasteiger partial charge in [0.2, 0.25) is 10.0 Å². The van der Waals surface area contributed by atoms with Gasteiger partial charge in [0, 0.05) is 20.6 Å². The summed E-state index contributed by atoms with van der Waals surface area (Å²) in [6.07, 6.45) is 0. The van der Waals surface area contributed by atoms with Crippen LogP contribution in [0.25, 0.3) is 0 Å². The zero-order chi connectivity index (χ0) is 12.2. The van der Waals surface area contributed by atoms with E-state index >= 15 is 0 Å². The summed E-state index contributed by atoms with van der Waals surface area (Å²) in [5.41, 5.74) is 0.804. The maximum atomic E-state index is 12.0. The molecular weight excluding hydrogens is 224 g/mol. The van der Waals surface area contributed by atoms with E-state index in [1.807, 2.05) is 19.1 Å². The van der Waals surface area contributed by atoms with E-state index in [9.17, 15) is 8.42 Å². The number of nitrogens with one attached hydrogen (secondary N) is 1. The van der Waals surface area contributed by atoms with Crippen LogP contribution in [0.4, 0.5) is 0 Å². The van der Waals surface area contributed by atoms with E-state index in [1.54, 1.807) is 26.2 Å². The Morgan fingerprint density at radius 3 is 2.44 bits per heavy atom. The Balaban J connectivity index is 3.13. The van der Waals surface area contributed by atoms with Gasteiger partial charge in [0.15, 0.2) is 0 Å². The second-order valence-corrected chi connectivity index (χ2v) is 5.80. The zero-order valence-electron chi connectivity index (χ0n) is 9.90. The molecule has 5 heteroatoms. The minimum atomic E-state index is -3.34. The molecular formula is C11H18N2O2S. The van der Waals surface area contributed by atoms with Crippen LogP contribution in [-0.4, -0.2) is 33.4 Å². The van der Waals surface area contributed by atoms with Crippen molar-refractivity contribution in [1.29, 1.82) is 0 Å². The van der Waals surface area contributed by atoms with E-state index in [0.29, 0.717) is 11.4 Å². The molecule has 1 aromatic carbocycles. The van der Waals surface area contributed by atoms with Crippen LogP contribution in [0.2, 0.25) is 0 Å². The van der Waals surface area contributed by atoms with Crippen LogP contribution in [0.15, 0.2) is 29.2 Å². The lowest BCUT2D eigenvalue weighted by Crippen LogP contribution is -2.24. The molecule has 0 heterocycles. The SMILES string of the molecule is CCNCc1ccccc1S(=O)(=O)N(C)C. The molecule has 0 unspecified atom stereocenters. The first-order valence-electron chi connectivity index (χ1n) is 5.21. The number of rotatable bonds is 5. The molecule has 0 atom stereocenters. The minimum absolute atomic E-state index is 0.376. The molecule has 0 saturated carbocycles. The number of sulfonamides is 1. The lowest BCUT2D eigenvalue weighted by Gasteiger charge is -2.15. The first-order chi connectivity index (χ1) is 7.50. The summed E-state index contributed by atoms with van der Waals surface area (Å²) in [5.74, 6) is 0. The Labute approximate surface area is 97.3 Å². The number of hydrogen-bond donors (Lipinski definition) is 1. The van der Waals surface area contributed by atoms with Crippen LogP contribution in [0.1, 0.15) is 12.5 Å². The molecule has 1 N–H and O–H groups in total. The quantitative estimate of drug-likeness (QED) is 0.839. The highest BCUT2D eigenvalue weighted by Crippen LogP contribution is 2.18. The third kappa shape index (κ3) is 2.81. The molecule has 0 aliphatic heterocycles. The molecule has 0 aliphatic carbocycles. The van der Waals surface area contributed by atoms with Gasteiger partial charge in [-0.05, 0) is 18.2 Å². The lowest BCUT2D eigenvalue weighted by atomic mass is 10.2. The predicted octanol–water partition coefficient (Wildman–Crippen LogP) is 1.05. The van der Waals surface area contributed by atoms with Gasteiger partial charge >= 0.3 is 0 Å². The van der Waals surface area contributed by atoms with Crippen molar-refractivity contribution in [3.63, 3.8) is 0 Å². The van der Waals surface area contributed by atoms with Gasteiger partial charge in [0.25, 0.3) is 0 Å². The maximum absolute atomic E-state index is 12.0. The van der Waals surface area contributed by atoms with E-state index in [-0.39, 0.29) is 0 Å². The molecule has 4 nitrogen and oxygen atoms in total. The van der Waals surface area contributed by atoms with Crippen molar-refractivity contribution in [1.82, 2.24) is 9.62 Å². The zero-order valence-corrected chi connectivity index (χ0v) is 10.7. The topological polar surface area (TPSA) is 49.4 Å². The van der Waals surface area contributed by atoms with Gasteiger partial charge in [-0.25, -0.2) is 12.7 Å². The molecule has 0 saturated heterocycles. The number of hydrogen-bond acceptors (Lipinski definition) is 3. The normalized spacial score (nSPS) is 12.0. The average molecular weight is 242 g/mol. The average Bonchev–Trinajstić information content (AvgIpc) is 2.26. The summed E-state index contributed by atoms with van der Waals surface area (Å²) in [6, 6.07) is 7.06. The summed E-state index contributed by atoms with van der Waals surface area (Å²) in [4.78, 5) is 0.376. The van der Waals surface area contributed by atoms with Crippen molar-refractivity contribution in [2.45, 2.75) is 18.4 Å². The third-order valence-electron chi connectivity index (χ3n) is 2.30. The molecule has 0 bridgehead atoms. The minimum Gasteiger partial charge on any atom is -0.313 e. The van der Waals surface area contributed by atoms with Gasteiger partial charge < -0.3 is 5.32 Å². The molecule has 0 spiro atoms. The highest BCUT2D eigenvalue weighted by atomic mass is 32.2. The molecule has 90 valence electrons. The Morgan fingerprint density at radius 1 is 1.25 bits per heavy atom. The fraction of sp³-hybridized carbons (Fsp3) is 0.455. The fourth-order valence-electron chi connectivity index (χ4n) is 1.36. The Bertz CT molecular complexity index is 441. The van der Waals surface area contributed by atoms with E-state index in [1.165, 1.54) is 4.31 Å². The summed E-state index contributed by atoms with van der Waals surface area (Å²) in [6.45, 7) is 3.37. The molecule has 1 rings (SSSR count). The van der Waals surface area contributed by atoms with Gasteiger partial charge in [-0.2, -0.15) is 0 Å². The standard InChI is InChI=1S/C11H18N2O2S/c1-4-12-9-10-7-5-6-8-11(10)16(14,15)13(2)3/h5-8,12H,4,9H2,1-3H3. The van der Waals surface area contributed by atoms with Crippen molar-refractivity contribution in [2.75, 3.05) is 20.6 Å². The molecule has 1 aromatic rings. The fourth-order valence-corrected chi connectivity index (χ4v) is 2.47. The summed E-state index contributed by atoms with van der Waals surface area (Å²) < 4.78 is 25.3. The largest absolute Gasteiger partial charge is 0.313 e. The first-order valence-corrected chi connectivity index (χ1v) is 6.65. The third-order valence-corrected chi connectivity index (χ3v) is 4.21. The number of nitrogens with zero attached hydrogens (tertiary/aromatic N) is 1. The van der Waals surface area contributed by atoms with Crippen molar-refractivity contribution in [3.05, 3.63) is 29.8 Å². The summed E-state index contributed by atoms with van der Waals surface area (Å²) in [5, 5.41) is 3.13. The maximum Gasteiger partial charge on any atom is 0.242 e. The molecule has 0 aromatic heterocycles. The van der Waals surface area contributed by atoms with E-state index < -0.39 is 10.0 Å². The summed E-state index contributed by atoms with van der Waals surface area (Å²) >= 11 is 0. The van der Waals surface area contributed by atoms with Gasteiger partial charge in [-0.3, -0.25) is 0 Å². The molecule has 0 fully saturated rings. The molecule has 0 aliphatic rings. The Kier molecular flexibility index (Phi) is 4.46. The van der Waals surface area contributed by atoms with Crippen LogP contribution in [0, 0.1) is 0 Å². The highest BCUT2D eigenvalue weighted by molar-refractivity contribution is 7.89. The summed E-state index contributed by atoms with van der Waals surface area (Å²) in [7, 11) is -0.263. The van der Waals surface area contributed by atoms with Crippen LogP contribution < -0.4 is 5.32 Å². The molecule has 0 amide bonds. The number of benzene rings is 1. The lowest BCUT2D eigenvalue weighted by molar-refractivity contribution is 0.519. The second-order valence-electron chi connectivity index (χ2n) is 3.68. The van der Waals surface area contributed by atoms with Gasteiger partial charge in [-0.1, -0.05) is 25.1 Å². The smallest absolute Gasteiger partial charge is 0.242 e. The van der Waals surface area contributed by atoms with E-state index in [2.05, 4.69) is 5.32 Å². The van der Waals surface area contributed by atoms with Crippen molar-refractivity contribution < 1.29 is 8.42 Å². The highest BCUT2D eigenvalue weighted by Gasteiger charge is 2.19. The van der Waals surface area contributed by atoms with Crippen molar-refractivity contribution >= 4 is 10.0 Å². The monoisotopic (exact) mass is 242 g/mol. The van der Waals surface area contributed by atoms with Gasteiger partial charge in [0.05, 0.1) is 4.90 Å². The first kappa shape index (κ1) is 13.2.